The van der Waals surface area contributed by atoms with Crippen LogP contribution in [0, 0.1) is 0 Å². The number of oxazole rings is 1. The fraction of sp³-hybridized carbons (Fsp3) is 0.462. The number of nitrogens with one attached hydrogen (secondary N) is 1. The lowest BCUT2D eigenvalue weighted by molar-refractivity contribution is 0.0277. The Kier molecular flexibility index (Phi) is 2.93. The number of ether oxygens (including phenoxy) is 1. The van der Waals surface area contributed by atoms with Gasteiger partial charge < -0.3 is 14.5 Å². The second kappa shape index (κ2) is 4.59. The highest BCUT2D eigenvalue weighted by molar-refractivity contribution is 5.74. The number of hydrogen-bond acceptors (Lipinski definition) is 4. The van der Waals surface area contributed by atoms with Gasteiger partial charge in [0.05, 0.1) is 18.2 Å². The van der Waals surface area contributed by atoms with Crippen molar-refractivity contribution in [2.24, 2.45) is 0 Å². The minimum Gasteiger partial charge on any atom is -0.408 e. The Hall–Kier alpha value is -1.59. The molecule has 1 saturated heterocycles. The summed E-state index contributed by atoms with van der Waals surface area (Å²) in [6, 6.07) is 5.79. The van der Waals surface area contributed by atoms with Gasteiger partial charge in [0.1, 0.15) is 0 Å². The summed E-state index contributed by atoms with van der Waals surface area (Å²) < 4.78 is 12.5. The normalized spacial score (nSPS) is 20.4. The predicted octanol–water partition coefficient (Wildman–Crippen LogP) is 1.28. The van der Waals surface area contributed by atoms with Gasteiger partial charge in [-0.15, -0.1) is 0 Å². The van der Waals surface area contributed by atoms with Gasteiger partial charge in [0.2, 0.25) is 0 Å². The standard InChI is InChI=1S/C13H16N2O3/c1-2-15-10-7-9(12-8-14-5-6-17-12)3-4-11(10)18-13(15)16/h3-4,7,12,14H,2,5-6,8H2,1H3. The molecule has 0 saturated carbocycles. The zero-order valence-electron chi connectivity index (χ0n) is 10.3. The first-order chi connectivity index (χ1) is 8.79. The highest BCUT2D eigenvalue weighted by atomic mass is 16.5. The van der Waals surface area contributed by atoms with Crippen molar-refractivity contribution in [3.8, 4) is 0 Å². The Bertz CT molecular complexity index is 608. The Morgan fingerprint density at radius 1 is 1.50 bits per heavy atom. The highest BCUT2D eigenvalue weighted by Crippen LogP contribution is 2.23. The van der Waals surface area contributed by atoms with Crippen molar-refractivity contribution in [1.29, 1.82) is 0 Å². The first-order valence-corrected chi connectivity index (χ1v) is 6.25. The van der Waals surface area contributed by atoms with Gasteiger partial charge in [-0.2, -0.15) is 0 Å². The van der Waals surface area contributed by atoms with Crippen molar-refractivity contribution in [2.75, 3.05) is 19.7 Å². The van der Waals surface area contributed by atoms with Crippen LogP contribution >= 0.6 is 0 Å². The van der Waals surface area contributed by atoms with Crippen LogP contribution in [0.3, 0.4) is 0 Å². The van der Waals surface area contributed by atoms with Crippen LogP contribution in [-0.2, 0) is 11.3 Å². The van der Waals surface area contributed by atoms with E-state index in [1.807, 2.05) is 25.1 Å². The monoisotopic (exact) mass is 248 g/mol. The second-order valence-corrected chi connectivity index (χ2v) is 4.40. The van der Waals surface area contributed by atoms with E-state index in [1.165, 1.54) is 0 Å². The fourth-order valence-electron chi connectivity index (χ4n) is 2.36. The summed E-state index contributed by atoms with van der Waals surface area (Å²) in [4.78, 5) is 11.6. The van der Waals surface area contributed by atoms with Crippen LogP contribution in [0.15, 0.2) is 27.4 Å². The molecule has 2 aromatic rings. The van der Waals surface area contributed by atoms with E-state index < -0.39 is 0 Å². The zero-order chi connectivity index (χ0) is 12.5. The number of benzene rings is 1. The number of hydrogen-bond donors (Lipinski definition) is 1. The molecule has 0 amide bonds. The molecule has 0 bridgehead atoms. The Morgan fingerprint density at radius 3 is 3.11 bits per heavy atom. The molecule has 1 aliphatic heterocycles. The molecule has 1 fully saturated rings. The van der Waals surface area contributed by atoms with Crippen LogP contribution in [-0.4, -0.2) is 24.3 Å². The summed E-state index contributed by atoms with van der Waals surface area (Å²) in [6.07, 6.45) is 0.0541. The number of morpholine rings is 1. The van der Waals surface area contributed by atoms with Crippen LogP contribution in [0.1, 0.15) is 18.6 Å². The fourth-order valence-corrected chi connectivity index (χ4v) is 2.36. The molecular formula is C13H16N2O3. The molecule has 1 aromatic heterocycles. The van der Waals surface area contributed by atoms with Gasteiger partial charge in [0.25, 0.3) is 0 Å². The summed E-state index contributed by atoms with van der Waals surface area (Å²) in [5.74, 6) is -0.299. The topological polar surface area (TPSA) is 56.4 Å². The molecule has 0 aliphatic carbocycles. The van der Waals surface area contributed by atoms with E-state index in [0.717, 1.165) is 24.2 Å². The SMILES string of the molecule is CCn1c(=O)oc2ccc(C3CNCCO3)cc21. The maximum atomic E-state index is 11.6. The Morgan fingerprint density at radius 2 is 2.39 bits per heavy atom. The van der Waals surface area contributed by atoms with Crippen LogP contribution in [0.25, 0.3) is 11.1 Å². The van der Waals surface area contributed by atoms with Crippen molar-refractivity contribution >= 4 is 11.1 Å². The van der Waals surface area contributed by atoms with Gasteiger partial charge >= 0.3 is 5.76 Å². The lowest BCUT2D eigenvalue weighted by Gasteiger charge is -2.23. The third kappa shape index (κ3) is 1.85. The first-order valence-electron chi connectivity index (χ1n) is 6.25. The minimum atomic E-state index is -0.299. The molecule has 96 valence electrons. The van der Waals surface area contributed by atoms with Gasteiger partial charge in [-0.05, 0) is 24.6 Å². The quantitative estimate of drug-likeness (QED) is 0.869. The summed E-state index contributed by atoms with van der Waals surface area (Å²) in [5.41, 5.74) is 2.56. The van der Waals surface area contributed by atoms with Gasteiger partial charge in [0, 0.05) is 19.6 Å². The van der Waals surface area contributed by atoms with Crippen LogP contribution in [0.4, 0.5) is 0 Å². The zero-order valence-corrected chi connectivity index (χ0v) is 10.3. The molecule has 18 heavy (non-hydrogen) atoms. The van der Waals surface area contributed by atoms with E-state index in [4.69, 9.17) is 9.15 Å². The third-order valence-corrected chi connectivity index (χ3v) is 3.31. The molecule has 5 heteroatoms. The molecule has 1 aromatic carbocycles. The van der Waals surface area contributed by atoms with E-state index in [0.29, 0.717) is 18.7 Å². The Balaban J connectivity index is 2.06. The van der Waals surface area contributed by atoms with Crippen molar-refractivity contribution in [3.63, 3.8) is 0 Å². The lowest BCUT2D eigenvalue weighted by atomic mass is 10.1. The molecule has 0 spiro atoms. The second-order valence-electron chi connectivity index (χ2n) is 4.40. The van der Waals surface area contributed by atoms with Crippen molar-refractivity contribution in [1.82, 2.24) is 9.88 Å². The maximum Gasteiger partial charge on any atom is 0.419 e. The average molecular weight is 248 g/mol. The van der Waals surface area contributed by atoms with Crippen molar-refractivity contribution in [2.45, 2.75) is 19.6 Å². The van der Waals surface area contributed by atoms with Crippen molar-refractivity contribution < 1.29 is 9.15 Å². The van der Waals surface area contributed by atoms with Crippen LogP contribution in [0.2, 0.25) is 0 Å². The molecule has 1 aliphatic rings. The average Bonchev–Trinajstić information content (AvgIpc) is 2.74. The van der Waals surface area contributed by atoms with E-state index in [2.05, 4.69) is 5.32 Å². The predicted molar refractivity (Wildman–Crippen MR) is 67.7 cm³/mol. The van der Waals surface area contributed by atoms with Gasteiger partial charge in [-0.3, -0.25) is 4.57 Å². The van der Waals surface area contributed by atoms with Gasteiger partial charge in [0.15, 0.2) is 5.58 Å². The van der Waals surface area contributed by atoms with E-state index in [9.17, 15) is 4.79 Å². The Labute approximate surface area is 104 Å². The summed E-state index contributed by atoms with van der Waals surface area (Å²) >= 11 is 0. The molecule has 0 radical (unpaired) electrons. The van der Waals surface area contributed by atoms with E-state index >= 15 is 0 Å². The molecule has 3 rings (SSSR count). The van der Waals surface area contributed by atoms with Crippen molar-refractivity contribution in [3.05, 3.63) is 34.3 Å². The number of aryl methyl sites for hydroxylation is 1. The summed E-state index contributed by atoms with van der Waals surface area (Å²) in [6.45, 7) is 4.96. The molecular weight excluding hydrogens is 232 g/mol. The molecule has 1 atom stereocenters. The first kappa shape index (κ1) is 11.5. The van der Waals surface area contributed by atoms with Crippen LogP contribution in [0.5, 0.6) is 0 Å². The van der Waals surface area contributed by atoms with Crippen LogP contribution < -0.4 is 11.1 Å². The highest BCUT2D eigenvalue weighted by Gasteiger charge is 2.17. The minimum absolute atomic E-state index is 0.0541. The molecule has 1 N–H and O–H groups in total. The smallest absolute Gasteiger partial charge is 0.408 e. The summed E-state index contributed by atoms with van der Waals surface area (Å²) in [7, 11) is 0. The largest absolute Gasteiger partial charge is 0.419 e. The maximum absolute atomic E-state index is 11.6. The number of aromatic nitrogens is 1. The number of nitrogens with zero attached hydrogens (tertiary/aromatic N) is 1. The number of fused-ring (bicyclic) bond motifs is 1. The van der Waals surface area contributed by atoms with Gasteiger partial charge in [-0.25, -0.2) is 4.79 Å². The van der Waals surface area contributed by atoms with Gasteiger partial charge in [-0.1, -0.05) is 6.07 Å². The third-order valence-electron chi connectivity index (χ3n) is 3.31. The molecule has 5 nitrogen and oxygen atoms in total. The lowest BCUT2D eigenvalue weighted by Crippen LogP contribution is -2.33. The summed E-state index contributed by atoms with van der Waals surface area (Å²) in [5, 5.41) is 3.30. The molecule has 1 unspecified atom stereocenters. The number of rotatable bonds is 2. The van der Waals surface area contributed by atoms with E-state index in [-0.39, 0.29) is 11.9 Å². The molecule has 2 heterocycles. The van der Waals surface area contributed by atoms with E-state index in [1.54, 1.807) is 4.57 Å².